The Morgan fingerprint density at radius 2 is 1.79 bits per heavy atom. The molecule has 0 aliphatic carbocycles. The number of nitrogens with one attached hydrogen (secondary N) is 1. The highest BCUT2D eigenvalue weighted by Crippen LogP contribution is 2.29. The Kier molecular flexibility index (Phi) is 9.92. The fourth-order valence-electron chi connectivity index (χ4n) is 2.47. The minimum atomic E-state index is 0. The quantitative estimate of drug-likeness (QED) is 0.312. The van der Waals surface area contributed by atoms with Crippen molar-refractivity contribution in [3.63, 3.8) is 0 Å². The maximum Gasteiger partial charge on any atom is 0.193 e. The molecule has 0 spiro atoms. The molecule has 1 atom stereocenters. The van der Waals surface area contributed by atoms with E-state index in [9.17, 15) is 0 Å². The molecule has 0 aromatic heterocycles. The predicted molar refractivity (Wildman–Crippen MR) is 125 cm³/mol. The lowest BCUT2D eigenvalue weighted by Gasteiger charge is -2.16. The van der Waals surface area contributed by atoms with Gasteiger partial charge in [0.15, 0.2) is 17.5 Å². The number of ether oxygens (including phenoxy) is 3. The molecule has 0 aliphatic heterocycles. The number of aliphatic imine (C=N–C) groups is 1. The standard InChI is InChI=1S/C21H29N3O3.HI/c1-6-15(3)27-19-11-14(2)7-8-16(19)13-23-21(22)24-17-9-10-18(25-4)20(12-17)26-5;/h7-12,15H,6,13H2,1-5H3,(H3,22,23,24);1H. The van der Waals surface area contributed by atoms with E-state index in [0.717, 1.165) is 29.0 Å². The van der Waals surface area contributed by atoms with E-state index >= 15 is 0 Å². The number of aryl methyl sites for hydroxylation is 1. The van der Waals surface area contributed by atoms with Gasteiger partial charge in [0.2, 0.25) is 0 Å². The fraction of sp³-hybridized carbons (Fsp3) is 0.381. The van der Waals surface area contributed by atoms with Crippen LogP contribution in [-0.2, 0) is 6.54 Å². The van der Waals surface area contributed by atoms with E-state index in [0.29, 0.717) is 24.0 Å². The molecule has 28 heavy (non-hydrogen) atoms. The summed E-state index contributed by atoms with van der Waals surface area (Å²) in [6.07, 6.45) is 1.09. The number of benzene rings is 2. The second-order valence-electron chi connectivity index (χ2n) is 6.34. The highest BCUT2D eigenvalue weighted by atomic mass is 127. The number of anilines is 1. The van der Waals surface area contributed by atoms with Gasteiger partial charge in [-0.2, -0.15) is 0 Å². The summed E-state index contributed by atoms with van der Waals surface area (Å²) in [6.45, 7) is 6.63. The van der Waals surface area contributed by atoms with Crippen molar-refractivity contribution in [1.82, 2.24) is 0 Å². The number of hydrogen-bond donors (Lipinski definition) is 2. The summed E-state index contributed by atoms with van der Waals surface area (Å²) in [5.74, 6) is 2.45. The van der Waals surface area contributed by atoms with Crippen LogP contribution in [-0.4, -0.2) is 26.3 Å². The molecule has 2 aromatic rings. The van der Waals surface area contributed by atoms with E-state index < -0.39 is 0 Å². The van der Waals surface area contributed by atoms with Crippen molar-refractivity contribution in [2.45, 2.75) is 39.8 Å². The molecule has 2 rings (SSSR count). The van der Waals surface area contributed by atoms with Crippen molar-refractivity contribution < 1.29 is 14.2 Å². The van der Waals surface area contributed by atoms with Crippen molar-refractivity contribution in [3.8, 4) is 17.2 Å². The molecule has 1 unspecified atom stereocenters. The number of nitrogens with zero attached hydrogens (tertiary/aromatic N) is 1. The molecule has 0 aliphatic rings. The minimum absolute atomic E-state index is 0. The monoisotopic (exact) mass is 499 g/mol. The Bertz CT molecular complexity index is 796. The number of rotatable bonds is 8. The maximum atomic E-state index is 6.05. The SMILES string of the molecule is CCC(C)Oc1cc(C)ccc1CN=C(N)Nc1ccc(OC)c(OC)c1.I. The Hall–Kier alpha value is -2.16. The van der Waals surface area contributed by atoms with Gasteiger partial charge in [-0.15, -0.1) is 24.0 Å². The summed E-state index contributed by atoms with van der Waals surface area (Å²) in [7, 11) is 3.19. The molecule has 0 saturated heterocycles. The molecular formula is C21H30IN3O3. The summed E-state index contributed by atoms with van der Waals surface area (Å²) in [6, 6.07) is 11.6. The molecule has 0 heterocycles. The van der Waals surface area contributed by atoms with E-state index in [1.165, 1.54) is 0 Å². The van der Waals surface area contributed by atoms with Gasteiger partial charge in [-0.25, -0.2) is 4.99 Å². The maximum absolute atomic E-state index is 6.05. The average Bonchev–Trinajstić information content (AvgIpc) is 2.67. The second kappa shape index (κ2) is 11.6. The van der Waals surface area contributed by atoms with Gasteiger partial charge < -0.3 is 25.3 Å². The Morgan fingerprint density at radius 1 is 1.07 bits per heavy atom. The zero-order chi connectivity index (χ0) is 19.8. The number of halogens is 1. The third kappa shape index (κ3) is 6.78. The smallest absolute Gasteiger partial charge is 0.193 e. The van der Waals surface area contributed by atoms with Gasteiger partial charge in [0, 0.05) is 17.3 Å². The molecule has 7 heteroatoms. The summed E-state index contributed by atoms with van der Waals surface area (Å²) in [5, 5.41) is 3.07. The largest absolute Gasteiger partial charge is 0.493 e. The van der Waals surface area contributed by atoms with Gasteiger partial charge in [-0.1, -0.05) is 19.1 Å². The molecule has 0 amide bonds. The highest BCUT2D eigenvalue weighted by Gasteiger charge is 2.09. The van der Waals surface area contributed by atoms with Crippen molar-refractivity contribution in [3.05, 3.63) is 47.5 Å². The number of hydrogen-bond acceptors (Lipinski definition) is 4. The van der Waals surface area contributed by atoms with Gasteiger partial charge >= 0.3 is 0 Å². The van der Waals surface area contributed by atoms with Crippen LogP contribution < -0.4 is 25.3 Å². The van der Waals surface area contributed by atoms with E-state index in [-0.39, 0.29) is 30.1 Å². The van der Waals surface area contributed by atoms with E-state index in [2.05, 4.69) is 24.2 Å². The summed E-state index contributed by atoms with van der Waals surface area (Å²) < 4.78 is 16.6. The van der Waals surface area contributed by atoms with Crippen LogP contribution in [0.5, 0.6) is 17.2 Å². The first-order chi connectivity index (χ1) is 13.0. The Labute approximate surface area is 184 Å². The van der Waals surface area contributed by atoms with Crippen LogP contribution in [0.2, 0.25) is 0 Å². The lowest BCUT2D eigenvalue weighted by atomic mass is 10.1. The van der Waals surface area contributed by atoms with Crippen LogP contribution in [0.1, 0.15) is 31.4 Å². The zero-order valence-electron chi connectivity index (χ0n) is 17.1. The molecule has 0 radical (unpaired) electrons. The third-order valence-corrected chi connectivity index (χ3v) is 4.20. The van der Waals surface area contributed by atoms with Gasteiger partial charge in [0.1, 0.15) is 5.75 Å². The van der Waals surface area contributed by atoms with Crippen LogP contribution in [0.15, 0.2) is 41.4 Å². The Balaban J connectivity index is 0.00000392. The van der Waals surface area contributed by atoms with E-state index in [1.54, 1.807) is 14.2 Å². The van der Waals surface area contributed by atoms with Crippen LogP contribution >= 0.6 is 24.0 Å². The lowest BCUT2D eigenvalue weighted by molar-refractivity contribution is 0.215. The Morgan fingerprint density at radius 3 is 2.43 bits per heavy atom. The highest BCUT2D eigenvalue weighted by molar-refractivity contribution is 14.0. The van der Waals surface area contributed by atoms with Crippen molar-refractivity contribution >= 4 is 35.6 Å². The normalized spacial score (nSPS) is 12.0. The van der Waals surface area contributed by atoms with Crippen molar-refractivity contribution in [2.75, 3.05) is 19.5 Å². The van der Waals surface area contributed by atoms with E-state index in [1.807, 2.05) is 43.3 Å². The van der Waals surface area contributed by atoms with Crippen LogP contribution in [0, 0.1) is 6.92 Å². The molecule has 6 nitrogen and oxygen atoms in total. The van der Waals surface area contributed by atoms with Crippen LogP contribution in [0.4, 0.5) is 5.69 Å². The minimum Gasteiger partial charge on any atom is -0.493 e. The molecule has 3 N–H and O–H groups in total. The first-order valence-corrected chi connectivity index (χ1v) is 9.02. The summed E-state index contributed by atoms with van der Waals surface area (Å²) in [5.41, 5.74) is 8.97. The topological polar surface area (TPSA) is 78.1 Å². The van der Waals surface area contributed by atoms with Gasteiger partial charge in [-0.3, -0.25) is 0 Å². The van der Waals surface area contributed by atoms with Gasteiger partial charge in [0.05, 0.1) is 26.9 Å². The van der Waals surface area contributed by atoms with Crippen molar-refractivity contribution in [1.29, 1.82) is 0 Å². The number of methoxy groups -OCH3 is 2. The first kappa shape index (κ1) is 23.9. The van der Waals surface area contributed by atoms with Gasteiger partial charge in [0.25, 0.3) is 0 Å². The fourth-order valence-corrected chi connectivity index (χ4v) is 2.47. The number of guanidine groups is 1. The van der Waals surface area contributed by atoms with Gasteiger partial charge in [-0.05, 0) is 44.0 Å². The number of nitrogens with two attached hydrogens (primary N) is 1. The predicted octanol–water partition coefficient (Wildman–Crippen LogP) is 4.73. The molecule has 0 bridgehead atoms. The molecule has 0 saturated carbocycles. The third-order valence-electron chi connectivity index (χ3n) is 4.20. The first-order valence-electron chi connectivity index (χ1n) is 9.02. The molecule has 2 aromatic carbocycles. The average molecular weight is 499 g/mol. The van der Waals surface area contributed by atoms with Crippen LogP contribution in [0.3, 0.4) is 0 Å². The zero-order valence-corrected chi connectivity index (χ0v) is 19.4. The summed E-state index contributed by atoms with van der Waals surface area (Å²) in [4.78, 5) is 4.44. The van der Waals surface area contributed by atoms with E-state index in [4.69, 9.17) is 19.9 Å². The summed E-state index contributed by atoms with van der Waals surface area (Å²) >= 11 is 0. The molecule has 0 fully saturated rings. The second-order valence-corrected chi connectivity index (χ2v) is 6.34. The van der Waals surface area contributed by atoms with Crippen LogP contribution in [0.25, 0.3) is 0 Å². The van der Waals surface area contributed by atoms with Crippen molar-refractivity contribution in [2.24, 2.45) is 10.7 Å². The molecular weight excluding hydrogens is 469 g/mol. The lowest BCUT2D eigenvalue weighted by Crippen LogP contribution is -2.22. The molecule has 154 valence electrons.